The molecule has 1 rings (SSSR count). The molecule has 0 aliphatic rings. The Kier molecular flexibility index (Phi) is 4.89. The average molecular weight is 232 g/mol. The molecule has 1 aromatic rings. The van der Waals surface area contributed by atoms with Crippen LogP contribution in [0.25, 0.3) is 6.08 Å². The molecule has 0 aliphatic carbocycles. The zero-order valence-corrected chi connectivity index (χ0v) is 9.53. The zero-order chi connectivity index (χ0) is 12.7. The second-order valence-electron chi connectivity index (χ2n) is 3.52. The highest BCUT2D eigenvalue weighted by Crippen LogP contribution is 2.12. The first-order valence-electron chi connectivity index (χ1n) is 5.24. The van der Waals surface area contributed by atoms with Gasteiger partial charge in [-0.15, -0.1) is 0 Å². The standard InChI is InChI=1S/C13H13FN2O/c1-10(17)16-7-3-2-4-11-5-6-13(14)8-12(11)9-15/h2,4-6,8H,3,7H2,1H3,(H,16,17). The monoisotopic (exact) mass is 232 g/mol. The highest BCUT2D eigenvalue weighted by atomic mass is 19.1. The summed E-state index contributed by atoms with van der Waals surface area (Å²) in [5.41, 5.74) is 0.984. The molecule has 0 spiro atoms. The van der Waals surface area contributed by atoms with Crippen LogP contribution >= 0.6 is 0 Å². The van der Waals surface area contributed by atoms with E-state index in [2.05, 4.69) is 5.32 Å². The van der Waals surface area contributed by atoms with E-state index in [1.807, 2.05) is 12.1 Å². The maximum absolute atomic E-state index is 12.8. The highest BCUT2D eigenvalue weighted by molar-refractivity contribution is 5.72. The van der Waals surface area contributed by atoms with Crippen molar-refractivity contribution in [3.8, 4) is 6.07 Å². The lowest BCUT2D eigenvalue weighted by atomic mass is 10.1. The van der Waals surface area contributed by atoms with Gasteiger partial charge in [-0.25, -0.2) is 4.39 Å². The van der Waals surface area contributed by atoms with Gasteiger partial charge in [-0.2, -0.15) is 5.26 Å². The van der Waals surface area contributed by atoms with Crippen molar-refractivity contribution in [2.75, 3.05) is 6.54 Å². The molecule has 0 saturated heterocycles. The zero-order valence-electron chi connectivity index (χ0n) is 9.53. The lowest BCUT2D eigenvalue weighted by molar-refractivity contribution is -0.118. The number of hydrogen-bond donors (Lipinski definition) is 1. The van der Waals surface area contributed by atoms with Crippen LogP contribution in [0.15, 0.2) is 24.3 Å². The first-order chi connectivity index (χ1) is 8.13. The number of hydrogen-bond acceptors (Lipinski definition) is 2. The van der Waals surface area contributed by atoms with Gasteiger partial charge < -0.3 is 5.32 Å². The van der Waals surface area contributed by atoms with Gasteiger partial charge in [0.05, 0.1) is 11.6 Å². The molecule has 4 heteroatoms. The van der Waals surface area contributed by atoms with Crippen LogP contribution in [-0.4, -0.2) is 12.5 Å². The summed E-state index contributed by atoms with van der Waals surface area (Å²) in [6, 6.07) is 6.01. The molecule has 0 heterocycles. The van der Waals surface area contributed by atoms with Gasteiger partial charge in [-0.3, -0.25) is 4.79 Å². The van der Waals surface area contributed by atoms with E-state index in [4.69, 9.17) is 5.26 Å². The lowest BCUT2D eigenvalue weighted by Crippen LogP contribution is -2.20. The summed E-state index contributed by atoms with van der Waals surface area (Å²) < 4.78 is 12.8. The number of nitriles is 1. The van der Waals surface area contributed by atoms with Crippen LogP contribution in [0.2, 0.25) is 0 Å². The van der Waals surface area contributed by atoms with Crippen molar-refractivity contribution in [2.24, 2.45) is 0 Å². The number of halogens is 1. The van der Waals surface area contributed by atoms with Crippen LogP contribution in [0.4, 0.5) is 4.39 Å². The molecule has 1 amide bonds. The van der Waals surface area contributed by atoms with E-state index in [9.17, 15) is 9.18 Å². The summed E-state index contributed by atoms with van der Waals surface area (Å²) >= 11 is 0. The molecule has 88 valence electrons. The Bertz CT molecular complexity index is 475. The number of carbonyl (C=O) groups is 1. The SMILES string of the molecule is CC(=O)NCCC=Cc1ccc(F)cc1C#N. The van der Waals surface area contributed by atoms with Crippen LogP contribution in [0, 0.1) is 17.1 Å². The van der Waals surface area contributed by atoms with Crippen LogP contribution in [0.3, 0.4) is 0 Å². The second-order valence-corrected chi connectivity index (χ2v) is 3.52. The molecule has 0 bridgehead atoms. The van der Waals surface area contributed by atoms with Crippen molar-refractivity contribution in [3.05, 3.63) is 41.2 Å². The van der Waals surface area contributed by atoms with Crippen molar-refractivity contribution < 1.29 is 9.18 Å². The molecule has 3 nitrogen and oxygen atoms in total. The van der Waals surface area contributed by atoms with Crippen molar-refractivity contribution in [1.82, 2.24) is 5.32 Å². The van der Waals surface area contributed by atoms with E-state index in [0.717, 1.165) is 0 Å². The van der Waals surface area contributed by atoms with E-state index in [0.29, 0.717) is 24.1 Å². The maximum atomic E-state index is 12.8. The molecule has 1 aromatic carbocycles. The second kappa shape index (κ2) is 6.44. The molecule has 0 atom stereocenters. The Morgan fingerprint density at radius 3 is 3.00 bits per heavy atom. The van der Waals surface area contributed by atoms with Crippen molar-refractivity contribution >= 4 is 12.0 Å². The van der Waals surface area contributed by atoms with Gasteiger partial charge in [0.1, 0.15) is 5.82 Å². The molecule has 0 fully saturated rings. The Labute approximate surface area is 99.6 Å². The summed E-state index contributed by atoms with van der Waals surface area (Å²) in [6.07, 6.45) is 4.26. The molecular formula is C13H13FN2O. The number of nitrogens with one attached hydrogen (secondary N) is 1. The molecule has 0 radical (unpaired) electrons. The van der Waals surface area contributed by atoms with Crippen molar-refractivity contribution in [1.29, 1.82) is 5.26 Å². The van der Waals surface area contributed by atoms with Gasteiger partial charge in [-0.05, 0) is 24.1 Å². The minimum Gasteiger partial charge on any atom is -0.356 e. The fourth-order valence-corrected chi connectivity index (χ4v) is 1.31. The van der Waals surface area contributed by atoms with E-state index in [1.54, 1.807) is 12.1 Å². The van der Waals surface area contributed by atoms with Gasteiger partial charge in [0.25, 0.3) is 0 Å². The third-order valence-electron chi connectivity index (χ3n) is 2.12. The van der Waals surface area contributed by atoms with Gasteiger partial charge >= 0.3 is 0 Å². The lowest BCUT2D eigenvalue weighted by Gasteiger charge is -1.99. The molecule has 0 unspecified atom stereocenters. The number of carbonyl (C=O) groups excluding carboxylic acids is 1. The number of benzene rings is 1. The largest absolute Gasteiger partial charge is 0.356 e. The number of amides is 1. The topological polar surface area (TPSA) is 52.9 Å². The Morgan fingerprint density at radius 2 is 2.35 bits per heavy atom. The Morgan fingerprint density at radius 1 is 1.59 bits per heavy atom. The van der Waals surface area contributed by atoms with Gasteiger partial charge in [0.15, 0.2) is 0 Å². The summed E-state index contributed by atoms with van der Waals surface area (Å²) in [5, 5.41) is 11.5. The minimum atomic E-state index is -0.419. The Hall–Kier alpha value is -2.15. The van der Waals surface area contributed by atoms with Crippen LogP contribution < -0.4 is 5.32 Å². The van der Waals surface area contributed by atoms with E-state index in [-0.39, 0.29) is 5.91 Å². The molecule has 1 N–H and O–H groups in total. The third-order valence-corrected chi connectivity index (χ3v) is 2.12. The first-order valence-corrected chi connectivity index (χ1v) is 5.24. The normalized spacial score (nSPS) is 10.2. The molecule has 0 aliphatic heterocycles. The van der Waals surface area contributed by atoms with E-state index in [1.165, 1.54) is 19.1 Å². The van der Waals surface area contributed by atoms with Gasteiger partial charge in [0, 0.05) is 13.5 Å². The molecular weight excluding hydrogens is 219 g/mol. The predicted molar refractivity (Wildman–Crippen MR) is 63.4 cm³/mol. The minimum absolute atomic E-state index is 0.0714. The first kappa shape index (κ1) is 12.9. The maximum Gasteiger partial charge on any atom is 0.216 e. The average Bonchev–Trinajstić information content (AvgIpc) is 2.29. The quantitative estimate of drug-likeness (QED) is 0.809. The summed E-state index contributed by atoms with van der Waals surface area (Å²) in [7, 11) is 0. The smallest absolute Gasteiger partial charge is 0.216 e. The number of nitrogens with zero attached hydrogens (tertiary/aromatic N) is 1. The molecule has 17 heavy (non-hydrogen) atoms. The summed E-state index contributed by atoms with van der Waals surface area (Å²) in [5.74, 6) is -0.491. The fraction of sp³-hybridized carbons (Fsp3) is 0.231. The van der Waals surface area contributed by atoms with Crippen LogP contribution in [0.1, 0.15) is 24.5 Å². The predicted octanol–water partition coefficient (Wildman–Crippen LogP) is 2.24. The molecule has 0 aromatic heterocycles. The third kappa shape index (κ3) is 4.47. The van der Waals surface area contributed by atoms with Gasteiger partial charge in [-0.1, -0.05) is 18.2 Å². The molecule has 0 saturated carbocycles. The van der Waals surface area contributed by atoms with Crippen LogP contribution in [-0.2, 0) is 4.79 Å². The Balaban J connectivity index is 2.59. The van der Waals surface area contributed by atoms with Crippen molar-refractivity contribution in [2.45, 2.75) is 13.3 Å². The number of rotatable bonds is 4. The van der Waals surface area contributed by atoms with Gasteiger partial charge in [0.2, 0.25) is 5.91 Å². The van der Waals surface area contributed by atoms with E-state index < -0.39 is 5.82 Å². The summed E-state index contributed by atoms with van der Waals surface area (Å²) in [4.78, 5) is 10.6. The van der Waals surface area contributed by atoms with Crippen LogP contribution in [0.5, 0.6) is 0 Å². The highest BCUT2D eigenvalue weighted by Gasteiger charge is 1.99. The van der Waals surface area contributed by atoms with E-state index >= 15 is 0 Å². The summed E-state index contributed by atoms with van der Waals surface area (Å²) in [6.45, 7) is 2.01. The van der Waals surface area contributed by atoms with Crippen molar-refractivity contribution in [3.63, 3.8) is 0 Å². The fourth-order valence-electron chi connectivity index (χ4n) is 1.31.